The first-order valence-electron chi connectivity index (χ1n) is 10.3. The average molecular weight is 477 g/mol. The summed E-state index contributed by atoms with van der Waals surface area (Å²) in [4.78, 5) is 64.1. The number of hydrazine groups is 1. The minimum absolute atomic E-state index is 0.0157. The fraction of sp³-hybridized carbons (Fsp3) is 0.125. The van der Waals surface area contributed by atoms with Crippen LogP contribution >= 0.6 is 11.3 Å². The monoisotopic (exact) mass is 477 g/mol. The first-order chi connectivity index (χ1) is 16.5. The first kappa shape index (κ1) is 22.9. The van der Waals surface area contributed by atoms with Gasteiger partial charge in [-0.2, -0.15) is 0 Å². The number of imide groups is 1. The minimum Gasteiger partial charge on any atom is -0.454 e. The molecular weight excluding hydrogens is 458 g/mol. The van der Waals surface area contributed by atoms with Crippen molar-refractivity contribution in [3.05, 3.63) is 93.7 Å². The Morgan fingerprint density at radius 3 is 2.12 bits per heavy atom. The molecule has 0 saturated heterocycles. The lowest BCUT2D eigenvalue weighted by molar-refractivity contribution is -0.152. The summed E-state index contributed by atoms with van der Waals surface area (Å²) in [5.74, 6) is -3.42. The van der Waals surface area contributed by atoms with Gasteiger partial charge in [0.2, 0.25) is 0 Å². The smallest absolute Gasteiger partial charge is 0.330 e. The molecule has 0 radical (unpaired) electrons. The predicted molar refractivity (Wildman–Crippen MR) is 122 cm³/mol. The zero-order chi connectivity index (χ0) is 24.1. The van der Waals surface area contributed by atoms with Crippen LogP contribution in [-0.4, -0.2) is 47.1 Å². The molecule has 2 aromatic carbocycles. The third kappa shape index (κ3) is 4.86. The largest absolute Gasteiger partial charge is 0.454 e. The van der Waals surface area contributed by atoms with Crippen molar-refractivity contribution in [2.24, 2.45) is 0 Å². The fourth-order valence-electron chi connectivity index (χ4n) is 3.47. The van der Waals surface area contributed by atoms with E-state index < -0.39 is 42.2 Å². The molecule has 10 heteroatoms. The molecule has 1 aliphatic rings. The van der Waals surface area contributed by atoms with Crippen LogP contribution in [0.5, 0.6) is 0 Å². The molecule has 2 N–H and O–H groups in total. The van der Waals surface area contributed by atoms with Gasteiger partial charge in [-0.25, -0.2) is 4.79 Å². The maximum absolute atomic E-state index is 13.0. The van der Waals surface area contributed by atoms with Crippen molar-refractivity contribution < 1.29 is 28.7 Å². The van der Waals surface area contributed by atoms with Gasteiger partial charge in [0, 0.05) is 6.42 Å². The zero-order valence-electron chi connectivity index (χ0n) is 17.7. The molecule has 0 fully saturated rings. The molecule has 1 aliphatic heterocycles. The van der Waals surface area contributed by atoms with Gasteiger partial charge in [0.1, 0.15) is 6.04 Å². The summed E-state index contributed by atoms with van der Waals surface area (Å²) in [6, 6.07) is 17.1. The standard InChI is InChI=1S/C24H19N3O6S/c28-20(25-26-21(29)19-11-6-12-34-19)14-33-24(32)18(13-15-7-2-1-3-8-15)27-22(30)16-9-4-5-10-17(16)23(27)31/h1-12,18H,13-14H2,(H,25,28)(H,26,29). The normalized spacial score (nSPS) is 13.2. The van der Waals surface area contributed by atoms with Gasteiger partial charge in [-0.05, 0) is 29.1 Å². The molecule has 4 rings (SSSR count). The third-order valence-electron chi connectivity index (χ3n) is 5.09. The Bertz CT molecular complexity index is 1210. The summed E-state index contributed by atoms with van der Waals surface area (Å²) < 4.78 is 5.12. The second kappa shape index (κ2) is 10.1. The summed E-state index contributed by atoms with van der Waals surface area (Å²) in [5.41, 5.74) is 5.49. The van der Waals surface area contributed by atoms with Crippen LogP contribution in [0.1, 0.15) is 36.0 Å². The van der Waals surface area contributed by atoms with Gasteiger partial charge in [0.25, 0.3) is 23.6 Å². The van der Waals surface area contributed by atoms with Crippen molar-refractivity contribution in [1.82, 2.24) is 15.8 Å². The van der Waals surface area contributed by atoms with E-state index in [0.717, 1.165) is 4.90 Å². The molecule has 34 heavy (non-hydrogen) atoms. The van der Waals surface area contributed by atoms with Crippen LogP contribution in [0.15, 0.2) is 72.1 Å². The number of ether oxygens (including phenoxy) is 1. The van der Waals surface area contributed by atoms with Gasteiger partial charge in [-0.15, -0.1) is 11.3 Å². The summed E-state index contributed by atoms with van der Waals surface area (Å²) in [6.07, 6.45) is 0.0157. The van der Waals surface area contributed by atoms with E-state index in [1.54, 1.807) is 60.0 Å². The molecule has 4 amide bonds. The summed E-state index contributed by atoms with van der Waals surface area (Å²) in [6.45, 7) is -0.710. The van der Waals surface area contributed by atoms with Crippen molar-refractivity contribution in [3.63, 3.8) is 0 Å². The lowest BCUT2D eigenvalue weighted by Crippen LogP contribution is -2.48. The number of hydrogen-bond donors (Lipinski definition) is 2. The maximum Gasteiger partial charge on any atom is 0.330 e. The Balaban J connectivity index is 1.44. The molecule has 1 aromatic heterocycles. The number of benzene rings is 2. The van der Waals surface area contributed by atoms with Crippen molar-refractivity contribution in [3.8, 4) is 0 Å². The van der Waals surface area contributed by atoms with Gasteiger partial charge < -0.3 is 4.74 Å². The Labute approximate surface area is 198 Å². The van der Waals surface area contributed by atoms with E-state index in [1.165, 1.54) is 23.5 Å². The molecule has 3 aromatic rings. The second-order valence-corrected chi connectivity index (χ2v) is 8.27. The maximum atomic E-state index is 13.0. The number of carbonyl (C=O) groups excluding carboxylic acids is 5. The van der Waals surface area contributed by atoms with Crippen LogP contribution in [0, 0.1) is 0 Å². The molecule has 0 aliphatic carbocycles. The highest BCUT2D eigenvalue weighted by molar-refractivity contribution is 7.12. The Morgan fingerprint density at radius 2 is 1.50 bits per heavy atom. The second-order valence-electron chi connectivity index (χ2n) is 7.32. The fourth-order valence-corrected chi connectivity index (χ4v) is 4.09. The van der Waals surface area contributed by atoms with E-state index in [1.807, 2.05) is 0 Å². The van der Waals surface area contributed by atoms with Gasteiger partial charge in [-0.3, -0.25) is 34.9 Å². The van der Waals surface area contributed by atoms with Crippen molar-refractivity contribution in [2.75, 3.05) is 6.61 Å². The number of hydrogen-bond acceptors (Lipinski definition) is 7. The quantitative estimate of drug-likeness (QED) is 0.305. The van der Waals surface area contributed by atoms with Crippen LogP contribution in [0.4, 0.5) is 0 Å². The number of carbonyl (C=O) groups is 5. The SMILES string of the molecule is O=C(COC(=O)C(Cc1ccccc1)N1C(=O)c2ccccc2C1=O)NNC(=O)c1cccs1. The predicted octanol–water partition coefficient (Wildman–Crippen LogP) is 1.96. The average Bonchev–Trinajstić information content (AvgIpc) is 3.48. The van der Waals surface area contributed by atoms with E-state index >= 15 is 0 Å². The highest BCUT2D eigenvalue weighted by Crippen LogP contribution is 2.26. The van der Waals surface area contributed by atoms with Gasteiger partial charge in [0.15, 0.2) is 6.61 Å². The van der Waals surface area contributed by atoms with E-state index in [9.17, 15) is 24.0 Å². The molecule has 0 spiro atoms. The number of thiophene rings is 1. The van der Waals surface area contributed by atoms with Crippen molar-refractivity contribution in [1.29, 1.82) is 0 Å². The molecular formula is C24H19N3O6S. The van der Waals surface area contributed by atoms with Crippen molar-refractivity contribution >= 4 is 40.9 Å². The molecule has 172 valence electrons. The van der Waals surface area contributed by atoms with E-state index in [4.69, 9.17) is 4.74 Å². The molecule has 0 saturated carbocycles. The highest BCUT2D eigenvalue weighted by atomic mass is 32.1. The molecule has 1 unspecified atom stereocenters. The van der Waals surface area contributed by atoms with Gasteiger partial charge >= 0.3 is 5.97 Å². The Morgan fingerprint density at radius 1 is 0.853 bits per heavy atom. The molecule has 9 nitrogen and oxygen atoms in total. The summed E-state index contributed by atoms with van der Waals surface area (Å²) in [5, 5.41) is 1.71. The van der Waals surface area contributed by atoms with E-state index in [0.29, 0.717) is 10.4 Å². The van der Waals surface area contributed by atoms with Crippen LogP contribution in [0.25, 0.3) is 0 Å². The van der Waals surface area contributed by atoms with E-state index in [2.05, 4.69) is 10.9 Å². The number of fused-ring (bicyclic) bond motifs is 1. The molecule has 1 atom stereocenters. The molecule has 2 heterocycles. The minimum atomic E-state index is -1.27. The van der Waals surface area contributed by atoms with Crippen LogP contribution in [0.2, 0.25) is 0 Å². The Kier molecular flexibility index (Phi) is 6.79. The Hall–Kier alpha value is -4.31. The van der Waals surface area contributed by atoms with Gasteiger partial charge in [0.05, 0.1) is 16.0 Å². The third-order valence-corrected chi connectivity index (χ3v) is 5.96. The number of rotatable bonds is 7. The lowest BCUT2D eigenvalue weighted by Gasteiger charge is -2.24. The highest BCUT2D eigenvalue weighted by Gasteiger charge is 2.43. The number of nitrogens with one attached hydrogen (secondary N) is 2. The number of esters is 1. The lowest BCUT2D eigenvalue weighted by atomic mass is 10.0. The topological polar surface area (TPSA) is 122 Å². The van der Waals surface area contributed by atoms with Gasteiger partial charge in [-0.1, -0.05) is 48.5 Å². The number of amides is 4. The van der Waals surface area contributed by atoms with Crippen LogP contribution in [-0.2, 0) is 20.7 Å². The summed E-state index contributed by atoms with van der Waals surface area (Å²) in [7, 11) is 0. The van der Waals surface area contributed by atoms with Crippen molar-refractivity contribution in [2.45, 2.75) is 12.5 Å². The van der Waals surface area contributed by atoms with Crippen LogP contribution in [0.3, 0.4) is 0 Å². The van der Waals surface area contributed by atoms with Crippen LogP contribution < -0.4 is 10.9 Å². The molecule has 0 bridgehead atoms. The first-order valence-corrected chi connectivity index (χ1v) is 11.1. The zero-order valence-corrected chi connectivity index (χ0v) is 18.5. The van der Waals surface area contributed by atoms with E-state index in [-0.39, 0.29) is 17.5 Å². The summed E-state index contributed by atoms with van der Waals surface area (Å²) >= 11 is 1.20. The number of nitrogens with zero attached hydrogens (tertiary/aromatic N) is 1.